The monoisotopic (exact) mass is 567 g/mol. The van der Waals surface area contributed by atoms with E-state index in [4.69, 9.17) is 27.9 Å². The van der Waals surface area contributed by atoms with Crippen LogP contribution in [0.4, 0.5) is 0 Å². The molecule has 0 radical (unpaired) electrons. The number of hydrogen-bond acceptors (Lipinski definition) is 5. The maximum absolute atomic E-state index is 13.3. The van der Waals surface area contributed by atoms with Gasteiger partial charge in [0.2, 0.25) is 15.9 Å². The first-order chi connectivity index (χ1) is 17.8. The molecule has 2 aliphatic rings. The number of likely N-dealkylation sites (tertiary alicyclic amines) is 1. The summed E-state index contributed by atoms with van der Waals surface area (Å²) in [6.07, 6.45) is 4.58. The molecule has 1 amide bonds. The van der Waals surface area contributed by atoms with Crippen LogP contribution in [0, 0.1) is 5.92 Å². The molecule has 0 aliphatic carbocycles. The van der Waals surface area contributed by atoms with Crippen molar-refractivity contribution in [2.75, 3.05) is 39.4 Å². The first kappa shape index (κ1) is 28.3. The molecule has 2 aromatic carbocycles. The minimum Gasteiger partial charge on any atom is -0.370 e. The first-order valence-electron chi connectivity index (χ1n) is 12.9. The Hall–Kier alpha value is -1.68. The van der Waals surface area contributed by atoms with Crippen LogP contribution in [0.5, 0.6) is 0 Å². The quantitative estimate of drug-likeness (QED) is 0.454. The molecule has 10 heteroatoms. The second kappa shape index (κ2) is 13.4. The van der Waals surface area contributed by atoms with Crippen LogP contribution in [-0.4, -0.2) is 69.0 Å². The Morgan fingerprint density at radius 2 is 1.81 bits per heavy atom. The molecule has 2 unspecified atom stereocenters. The highest BCUT2D eigenvalue weighted by Gasteiger charge is 2.34. The van der Waals surface area contributed by atoms with Gasteiger partial charge in [-0.15, -0.1) is 0 Å². The lowest BCUT2D eigenvalue weighted by molar-refractivity contribution is -0.126. The number of rotatable bonds is 10. The lowest BCUT2D eigenvalue weighted by Gasteiger charge is -2.34. The molecule has 7 nitrogen and oxygen atoms in total. The zero-order chi connectivity index (χ0) is 26.3. The number of halogens is 2. The minimum atomic E-state index is -3.75. The van der Waals surface area contributed by atoms with Crippen LogP contribution >= 0.6 is 23.2 Å². The Morgan fingerprint density at radius 3 is 2.59 bits per heavy atom. The van der Waals surface area contributed by atoms with Gasteiger partial charge in [0, 0.05) is 32.2 Å². The summed E-state index contributed by atoms with van der Waals surface area (Å²) in [7, 11) is -3.75. The van der Waals surface area contributed by atoms with Gasteiger partial charge in [0.15, 0.2) is 0 Å². The number of amides is 1. The van der Waals surface area contributed by atoms with Gasteiger partial charge in [0.25, 0.3) is 0 Å². The summed E-state index contributed by atoms with van der Waals surface area (Å²) in [6, 6.07) is 14.5. The molecule has 2 aromatic rings. The third kappa shape index (κ3) is 7.91. The molecule has 0 aromatic heterocycles. The summed E-state index contributed by atoms with van der Waals surface area (Å²) in [6.45, 7) is 4.07. The van der Waals surface area contributed by atoms with E-state index in [1.54, 1.807) is 0 Å². The lowest BCUT2D eigenvalue weighted by atomic mass is 9.97. The highest BCUT2D eigenvalue weighted by Crippen LogP contribution is 2.30. The number of piperidine rings is 2. The molecule has 2 atom stereocenters. The van der Waals surface area contributed by atoms with Crippen molar-refractivity contribution in [2.45, 2.75) is 49.6 Å². The number of carbonyl (C=O) groups is 1. The van der Waals surface area contributed by atoms with Crippen LogP contribution < -0.4 is 5.32 Å². The van der Waals surface area contributed by atoms with Crippen LogP contribution in [-0.2, 0) is 26.1 Å². The topological polar surface area (TPSA) is 78.9 Å². The van der Waals surface area contributed by atoms with E-state index in [2.05, 4.69) is 34.5 Å². The third-order valence-corrected chi connectivity index (χ3v) is 9.74. The molecule has 2 heterocycles. The predicted molar refractivity (Wildman–Crippen MR) is 146 cm³/mol. The van der Waals surface area contributed by atoms with Gasteiger partial charge in [-0.2, -0.15) is 4.31 Å². The van der Waals surface area contributed by atoms with Gasteiger partial charge >= 0.3 is 0 Å². The van der Waals surface area contributed by atoms with Crippen LogP contribution in [0.25, 0.3) is 0 Å². The normalized spacial score (nSPS) is 21.6. The summed E-state index contributed by atoms with van der Waals surface area (Å²) in [5, 5.41) is 3.51. The van der Waals surface area contributed by atoms with E-state index >= 15 is 0 Å². The molecule has 0 bridgehead atoms. The number of carbonyl (C=O) groups excluding carboxylic acids is 1. The molecule has 2 saturated heterocycles. The Balaban J connectivity index is 1.22. The number of sulfonamides is 1. The third-order valence-electron chi connectivity index (χ3n) is 7.05. The van der Waals surface area contributed by atoms with Crippen molar-refractivity contribution in [3.8, 4) is 0 Å². The van der Waals surface area contributed by atoms with Gasteiger partial charge in [0.05, 0.1) is 21.5 Å². The fourth-order valence-electron chi connectivity index (χ4n) is 5.13. The highest BCUT2D eigenvalue weighted by atomic mass is 35.5. The average Bonchev–Trinajstić information content (AvgIpc) is 2.90. The molecule has 202 valence electrons. The van der Waals surface area contributed by atoms with Gasteiger partial charge in [-0.3, -0.25) is 9.69 Å². The number of hydrogen-bond donors (Lipinski definition) is 1. The second-order valence-corrected chi connectivity index (χ2v) is 12.6. The van der Waals surface area contributed by atoms with Crippen LogP contribution in [0.15, 0.2) is 53.4 Å². The lowest BCUT2D eigenvalue weighted by Crippen LogP contribution is -2.46. The summed E-state index contributed by atoms with van der Waals surface area (Å²) in [5.41, 5.74) is 1.30. The number of ether oxygens (including phenoxy) is 1. The summed E-state index contributed by atoms with van der Waals surface area (Å²) in [4.78, 5) is 15.0. The van der Waals surface area contributed by atoms with Gasteiger partial charge in [-0.1, -0.05) is 60.0 Å². The van der Waals surface area contributed by atoms with Gasteiger partial charge < -0.3 is 10.1 Å². The van der Waals surface area contributed by atoms with E-state index in [-0.39, 0.29) is 35.1 Å². The van der Waals surface area contributed by atoms with E-state index in [1.165, 1.54) is 28.1 Å². The van der Waals surface area contributed by atoms with Gasteiger partial charge in [0.1, 0.15) is 6.61 Å². The summed E-state index contributed by atoms with van der Waals surface area (Å²) >= 11 is 12.0. The maximum atomic E-state index is 13.3. The van der Waals surface area contributed by atoms with E-state index in [1.807, 2.05) is 6.07 Å². The largest absolute Gasteiger partial charge is 0.370 e. The van der Waals surface area contributed by atoms with Crippen LogP contribution in [0.3, 0.4) is 0 Å². The molecular weight excluding hydrogens is 533 g/mol. The number of nitrogens with one attached hydrogen (secondary N) is 1. The van der Waals surface area contributed by atoms with Gasteiger partial charge in [-0.25, -0.2) is 8.42 Å². The zero-order valence-corrected chi connectivity index (χ0v) is 23.3. The molecule has 0 spiro atoms. The van der Waals surface area contributed by atoms with Crippen molar-refractivity contribution >= 4 is 39.1 Å². The molecular formula is C27H35Cl2N3O4S. The van der Waals surface area contributed by atoms with E-state index in [0.717, 1.165) is 45.3 Å². The molecule has 2 fully saturated rings. The number of benzene rings is 2. The smallest absolute Gasteiger partial charge is 0.246 e. The predicted octanol–water partition coefficient (Wildman–Crippen LogP) is 4.58. The molecule has 37 heavy (non-hydrogen) atoms. The Morgan fingerprint density at radius 1 is 1.00 bits per heavy atom. The van der Waals surface area contributed by atoms with Crippen molar-refractivity contribution in [1.82, 2.24) is 14.5 Å². The molecule has 4 rings (SSSR count). The van der Waals surface area contributed by atoms with E-state index < -0.39 is 10.0 Å². The fraction of sp³-hybridized carbons (Fsp3) is 0.519. The Kier molecular flexibility index (Phi) is 10.3. The summed E-state index contributed by atoms with van der Waals surface area (Å²) in [5.74, 6) is 0.237. The molecule has 0 saturated carbocycles. The molecule has 2 aliphatic heterocycles. The SMILES string of the molecule is O=C(COCC1CCCCN1S(=O)(=O)c1ccc(Cl)c(Cl)c1)NCC1CCCN(Cc2ccccc2)C1. The summed E-state index contributed by atoms with van der Waals surface area (Å²) < 4.78 is 33.7. The fourth-order valence-corrected chi connectivity index (χ4v) is 7.20. The minimum absolute atomic E-state index is 0.0857. The zero-order valence-electron chi connectivity index (χ0n) is 21.0. The Labute approximate surface area is 230 Å². The van der Waals surface area contributed by atoms with Crippen molar-refractivity contribution in [3.63, 3.8) is 0 Å². The second-order valence-electron chi connectivity index (χ2n) is 9.89. The van der Waals surface area contributed by atoms with Gasteiger partial charge in [-0.05, 0) is 61.9 Å². The van der Waals surface area contributed by atoms with Crippen molar-refractivity contribution in [3.05, 3.63) is 64.1 Å². The Bertz CT molecular complexity index is 1150. The van der Waals surface area contributed by atoms with Crippen molar-refractivity contribution < 1.29 is 17.9 Å². The molecule has 1 N–H and O–H groups in total. The first-order valence-corrected chi connectivity index (χ1v) is 15.1. The average molecular weight is 569 g/mol. The van der Waals surface area contributed by atoms with Crippen LogP contribution in [0.2, 0.25) is 10.0 Å². The number of nitrogens with zero attached hydrogens (tertiary/aromatic N) is 2. The highest BCUT2D eigenvalue weighted by molar-refractivity contribution is 7.89. The van der Waals surface area contributed by atoms with E-state index in [9.17, 15) is 13.2 Å². The standard InChI is InChI=1S/C27H35Cl2N3O4S/c28-25-12-11-24(15-26(25)29)37(34,35)32-14-5-4-10-23(32)19-36-20-27(33)30-16-22-9-6-13-31(18-22)17-21-7-2-1-3-8-21/h1-3,7-8,11-12,15,22-23H,4-6,9-10,13-14,16-20H2,(H,30,33). The maximum Gasteiger partial charge on any atom is 0.246 e. The van der Waals surface area contributed by atoms with Crippen molar-refractivity contribution in [2.24, 2.45) is 5.92 Å². The van der Waals surface area contributed by atoms with Crippen molar-refractivity contribution in [1.29, 1.82) is 0 Å². The van der Waals surface area contributed by atoms with Crippen LogP contribution in [0.1, 0.15) is 37.7 Å². The van der Waals surface area contributed by atoms with E-state index in [0.29, 0.717) is 30.5 Å².